The number of carbonyl (C=O) groups excluding carboxylic acids is 1. The Kier molecular flexibility index (Phi) is 6.36. The van der Waals surface area contributed by atoms with Crippen LogP contribution in [0.2, 0.25) is 0 Å². The molecular formula is C15H23NO3. The number of nitrogens with zero attached hydrogens (tertiary/aromatic N) is 1. The molecule has 0 bridgehead atoms. The fourth-order valence-electron chi connectivity index (χ4n) is 2.10. The van der Waals surface area contributed by atoms with E-state index in [1.54, 1.807) is 7.11 Å². The number of hydrogen-bond donors (Lipinski definition) is 0. The van der Waals surface area contributed by atoms with Gasteiger partial charge in [-0.3, -0.25) is 4.79 Å². The van der Waals surface area contributed by atoms with E-state index in [4.69, 9.17) is 9.47 Å². The minimum Gasteiger partial charge on any atom is -0.496 e. The third-order valence-corrected chi connectivity index (χ3v) is 3.19. The van der Waals surface area contributed by atoms with Crippen LogP contribution in [0.4, 0.5) is 0 Å². The van der Waals surface area contributed by atoms with Crippen molar-refractivity contribution in [3.63, 3.8) is 0 Å². The van der Waals surface area contributed by atoms with Crippen molar-refractivity contribution < 1.29 is 14.3 Å². The molecule has 0 amide bonds. The zero-order valence-electron chi connectivity index (χ0n) is 12.2. The Morgan fingerprint density at radius 2 is 2.00 bits per heavy atom. The van der Waals surface area contributed by atoms with E-state index < -0.39 is 0 Å². The van der Waals surface area contributed by atoms with Gasteiger partial charge in [0, 0.05) is 18.7 Å². The number of hydrogen-bond acceptors (Lipinski definition) is 4. The highest BCUT2D eigenvalue weighted by atomic mass is 16.5. The number of rotatable bonds is 7. The maximum atomic E-state index is 11.6. The summed E-state index contributed by atoms with van der Waals surface area (Å²) in [4.78, 5) is 13.7. The molecule has 106 valence electrons. The number of carbonyl (C=O) groups is 1. The van der Waals surface area contributed by atoms with E-state index in [1.165, 1.54) is 7.11 Å². The Morgan fingerprint density at radius 1 is 1.32 bits per heavy atom. The van der Waals surface area contributed by atoms with Gasteiger partial charge in [-0.1, -0.05) is 25.1 Å². The SMILES string of the molecule is CCC(CN(C)Cc1ccccc1OC)C(=O)OC. The third-order valence-electron chi connectivity index (χ3n) is 3.19. The first kappa shape index (κ1) is 15.5. The molecule has 1 aromatic rings. The van der Waals surface area contributed by atoms with Gasteiger partial charge in [0.1, 0.15) is 5.75 Å². The molecule has 0 aromatic heterocycles. The molecule has 0 N–H and O–H groups in total. The maximum Gasteiger partial charge on any atom is 0.309 e. The average molecular weight is 265 g/mol. The van der Waals surface area contributed by atoms with E-state index in [-0.39, 0.29) is 11.9 Å². The minimum atomic E-state index is -0.144. The first-order chi connectivity index (χ1) is 9.12. The quantitative estimate of drug-likeness (QED) is 0.709. The van der Waals surface area contributed by atoms with Crippen LogP contribution in [0.5, 0.6) is 5.75 Å². The van der Waals surface area contributed by atoms with Crippen molar-refractivity contribution in [1.82, 2.24) is 4.90 Å². The highest BCUT2D eigenvalue weighted by Crippen LogP contribution is 2.19. The molecule has 0 radical (unpaired) electrons. The van der Waals surface area contributed by atoms with Crippen LogP contribution in [0.3, 0.4) is 0 Å². The van der Waals surface area contributed by atoms with Crippen molar-refractivity contribution in [2.45, 2.75) is 19.9 Å². The number of benzene rings is 1. The summed E-state index contributed by atoms with van der Waals surface area (Å²) in [5, 5.41) is 0. The van der Waals surface area contributed by atoms with Crippen molar-refractivity contribution in [3.05, 3.63) is 29.8 Å². The summed E-state index contributed by atoms with van der Waals surface area (Å²) in [6, 6.07) is 7.92. The predicted octanol–water partition coefficient (Wildman–Crippen LogP) is 2.33. The average Bonchev–Trinajstić information content (AvgIpc) is 2.44. The minimum absolute atomic E-state index is 0.0790. The van der Waals surface area contributed by atoms with E-state index >= 15 is 0 Å². The van der Waals surface area contributed by atoms with Crippen LogP contribution in [0.25, 0.3) is 0 Å². The van der Waals surface area contributed by atoms with Gasteiger partial charge in [0.15, 0.2) is 0 Å². The lowest BCUT2D eigenvalue weighted by atomic mass is 10.1. The molecule has 0 saturated heterocycles. The largest absolute Gasteiger partial charge is 0.496 e. The zero-order valence-corrected chi connectivity index (χ0v) is 12.2. The van der Waals surface area contributed by atoms with Crippen LogP contribution in [0.1, 0.15) is 18.9 Å². The molecule has 1 unspecified atom stereocenters. The summed E-state index contributed by atoms with van der Waals surface area (Å²) >= 11 is 0. The summed E-state index contributed by atoms with van der Waals surface area (Å²) < 4.78 is 10.1. The lowest BCUT2D eigenvalue weighted by Gasteiger charge is -2.22. The van der Waals surface area contributed by atoms with Crippen molar-refractivity contribution in [1.29, 1.82) is 0 Å². The fourth-order valence-corrected chi connectivity index (χ4v) is 2.10. The number of para-hydroxylation sites is 1. The van der Waals surface area contributed by atoms with Crippen molar-refractivity contribution in [2.24, 2.45) is 5.92 Å². The van der Waals surface area contributed by atoms with Crippen LogP contribution in [0, 0.1) is 5.92 Å². The molecule has 1 rings (SSSR count). The van der Waals surface area contributed by atoms with E-state index in [1.807, 2.05) is 38.2 Å². The third kappa shape index (κ3) is 4.56. The highest BCUT2D eigenvalue weighted by Gasteiger charge is 2.19. The van der Waals surface area contributed by atoms with Crippen LogP contribution >= 0.6 is 0 Å². The number of esters is 1. The fraction of sp³-hybridized carbons (Fsp3) is 0.533. The Morgan fingerprint density at radius 3 is 2.58 bits per heavy atom. The van der Waals surface area contributed by atoms with Crippen LogP contribution in [0.15, 0.2) is 24.3 Å². The number of ether oxygens (including phenoxy) is 2. The van der Waals surface area contributed by atoms with Gasteiger partial charge in [0.25, 0.3) is 0 Å². The topological polar surface area (TPSA) is 38.8 Å². The van der Waals surface area contributed by atoms with Gasteiger partial charge in [0.05, 0.1) is 20.1 Å². The molecule has 4 heteroatoms. The second kappa shape index (κ2) is 7.79. The van der Waals surface area contributed by atoms with E-state index in [2.05, 4.69) is 4.90 Å². The normalized spacial score (nSPS) is 12.3. The lowest BCUT2D eigenvalue weighted by Crippen LogP contribution is -2.30. The first-order valence-electron chi connectivity index (χ1n) is 6.50. The Balaban J connectivity index is 2.63. The van der Waals surface area contributed by atoms with Crippen molar-refractivity contribution in [2.75, 3.05) is 27.8 Å². The van der Waals surface area contributed by atoms with Crippen molar-refractivity contribution in [3.8, 4) is 5.75 Å². The molecule has 19 heavy (non-hydrogen) atoms. The summed E-state index contributed by atoms with van der Waals surface area (Å²) in [5.74, 6) is 0.652. The smallest absolute Gasteiger partial charge is 0.309 e. The van der Waals surface area contributed by atoms with Gasteiger partial charge < -0.3 is 14.4 Å². The van der Waals surface area contributed by atoms with E-state index in [0.29, 0.717) is 6.54 Å². The second-order valence-corrected chi connectivity index (χ2v) is 4.64. The maximum absolute atomic E-state index is 11.6. The van der Waals surface area contributed by atoms with E-state index in [9.17, 15) is 4.79 Å². The molecule has 4 nitrogen and oxygen atoms in total. The molecule has 0 aliphatic heterocycles. The molecule has 0 heterocycles. The summed E-state index contributed by atoms with van der Waals surface area (Å²) in [5.41, 5.74) is 1.12. The Labute approximate surface area is 115 Å². The molecular weight excluding hydrogens is 242 g/mol. The van der Waals surface area contributed by atoms with Crippen LogP contribution < -0.4 is 4.74 Å². The van der Waals surface area contributed by atoms with Gasteiger partial charge in [-0.15, -0.1) is 0 Å². The molecule has 0 spiro atoms. The molecule has 0 aliphatic carbocycles. The van der Waals surface area contributed by atoms with Gasteiger partial charge in [-0.05, 0) is 19.5 Å². The molecule has 0 fully saturated rings. The van der Waals surface area contributed by atoms with Crippen LogP contribution in [-0.2, 0) is 16.1 Å². The summed E-state index contributed by atoms with van der Waals surface area (Å²) in [6.45, 7) is 3.43. The van der Waals surface area contributed by atoms with Crippen molar-refractivity contribution >= 4 is 5.97 Å². The Hall–Kier alpha value is -1.55. The standard InChI is InChI=1S/C15H23NO3/c1-5-12(15(17)19-4)10-16(2)11-13-8-6-7-9-14(13)18-3/h6-9,12H,5,10-11H2,1-4H3. The van der Waals surface area contributed by atoms with Gasteiger partial charge in [0.2, 0.25) is 0 Å². The molecule has 0 aliphatic rings. The highest BCUT2D eigenvalue weighted by molar-refractivity contribution is 5.72. The first-order valence-corrected chi connectivity index (χ1v) is 6.50. The van der Waals surface area contributed by atoms with Gasteiger partial charge in [-0.2, -0.15) is 0 Å². The molecule has 1 atom stereocenters. The molecule has 1 aromatic carbocycles. The molecule has 0 saturated carbocycles. The number of methoxy groups -OCH3 is 2. The monoisotopic (exact) mass is 265 g/mol. The summed E-state index contributed by atoms with van der Waals surface area (Å²) in [7, 11) is 5.10. The second-order valence-electron chi connectivity index (χ2n) is 4.64. The van der Waals surface area contributed by atoms with Gasteiger partial charge in [-0.25, -0.2) is 0 Å². The lowest BCUT2D eigenvalue weighted by molar-refractivity contribution is -0.146. The van der Waals surface area contributed by atoms with Crippen LogP contribution in [-0.4, -0.2) is 38.7 Å². The summed E-state index contributed by atoms with van der Waals surface area (Å²) in [6.07, 6.45) is 0.781. The Bertz CT molecular complexity index is 406. The van der Waals surface area contributed by atoms with E-state index in [0.717, 1.165) is 24.3 Å². The predicted molar refractivity (Wildman–Crippen MR) is 75.1 cm³/mol. The zero-order chi connectivity index (χ0) is 14.3. The van der Waals surface area contributed by atoms with Gasteiger partial charge >= 0.3 is 5.97 Å².